The van der Waals surface area contributed by atoms with Gasteiger partial charge in [0, 0.05) is 12.6 Å². The van der Waals surface area contributed by atoms with Gasteiger partial charge in [-0.2, -0.15) is 5.26 Å². The predicted molar refractivity (Wildman–Crippen MR) is 74.0 cm³/mol. The molecule has 20 heavy (non-hydrogen) atoms. The summed E-state index contributed by atoms with van der Waals surface area (Å²) in [5.41, 5.74) is -0.433. The van der Waals surface area contributed by atoms with Crippen molar-refractivity contribution < 1.29 is 9.18 Å². The molecule has 1 aliphatic carbocycles. The highest BCUT2D eigenvalue weighted by Gasteiger charge is 2.50. The third-order valence-corrected chi connectivity index (χ3v) is 4.27. The van der Waals surface area contributed by atoms with Gasteiger partial charge in [0.25, 0.3) is 0 Å². The van der Waals surface area contributed by atoms with Crippen molar-refractivity contribution in [3.05, 3.63) is 35.6 Å². The molecule has 0 heterocycles. The van der Waals surface area contributed by atoms with Gasteiger partial charge in [0.2, 0.25) is 5.91 Å². The molecule has 0 spiro atoms. The quantitative estimate of drug-likeness (QED) is 0.849. The first kappa shape index (κ1) is 14.5. The molecule has 1 atom stereocenters. The molecule has 3 nitrogen and oxygen atoms in total. The van der Waals surface area contributed by atoms with Crippen LogP contribution in [0.1, 0.15) is 38.3 Å². The Hall–Kier alpha value is -1.89. The van der Waals surface area contributed by atoms with Gasteiger partial charge < -0.3 is 4.90 Å². The zero-order valence-corrected chi connectivity index (χ0v) is 12.1. The molecule has 0 N–H and O–H groups in total. The number of nitrogens with zero attached hydrogens (tertiary/aromatic N) is 2. The first-order valence-electron chi connectivity index (χ1n) is 6.84. The molecular formula is C16H19FN2O. The number of benzene rings is 1. The topological polar surface area (TPSA) is 44.1 Å². The third kappa shape index (κ3) is 2.29. The fourth-order valence-electron chi connectivity index (χ4n) is 2.98. The van der Waals surface area contributed by atoms with Gasteiger partial charge in [-0.1, -0.05) is 25.1 Å². The molecule has 1 saturated carbocycles. The van der Waals surface area contributed by atoms with Crippen LogP contribution in [0, 0.1) is 28.5 Å². The van der Waals surface area contributed by atoms with E-state index in [9.17, 15) is 14.4 Å². The number of carbonyl (C=O) groups excluding carboxylic acids is 1. The molecule has 1 aromatic rings. The number of hydrogen-bond acceptors (Lipinski definition) is 2. The van der Waals surface area contributed by atoms with E-state index in [2.05, 4.69) is 6.07 Å². The second kappa shape index (κ2) is 5.24. The fraction of sp³-hybridized carbons (Fsp3) is 0.500. The van der Waals surface area contributed by atoms with E-state index in [0.29, 0.717) is 24.3 Å². The van der Waals surface area contributed by atoms with E-state index in [1.807, 2.05) is 6.92 Å². The van der Waals surface area contributed by atoms with Gasteiger partial charge in [0.1, 0.15) is 11.2 Å². The zero-order valence-electron chi connectivity index (χ0n) is 12.1. The number of rotatable bonds is 3. The summed E-state index contributed by atoms with van der Waals surface area (Å²) in [5, 5.41) is 9.31. The van der Waals surface area contributed by atoms with Crippen LogP contribution in [-0.2, 0) is 4.79 Å². The molecule has 1 aromatic carbocycles. The van der Waals surface area contributed by atoms with Crippen molar-refractivity contribution in [2.75, 3.05) is 7.05 Å². The van der Waals surface area contributed by atoms with Gasteiger partial charge in [-0.3, -0.25) is 4.79 Å². The Morgan fingerprint density at radius 1 is 1.50 bits per heavy atom. The Kier molecular flexibility index (Phi) is 3.80. The molecule has 0 saturated heterocycles. The molecule has 0 aliphatic heterocycles. The van der Waals surface area contributed by atoms with Gasteiger partial charge in [-0.15, -0.1) is 0 Å². The summed E-state index contributed by atoms with van der Waals surface area (Å²) in [6, 6.07) is 8.21. The minimum Gasteiger partial charge on any atom is -0.338 e. The van der Waals surface area contributed by atoms with Crippen molar-refractivity contribution in [2.45, 2.75) is 32.7 Å². The van der Waals surface area contributed by atoms with E-state index >= 15 is 0 Å². The van der Waals surface area contributed by atoms with Crippen molar-refractivity contribution in [2.24, 2.45) is 11.3 Å². The molecule has 0 radical (unpaired) electrons. The van der Waals surface area contributed by atoms with Gasteiger partial charge in [-0.25, -0.2) is 4.39 Å². The highest BCUT2D eigenvalue weighted by atomic mass is 19.1. The lowest BCUT2D eigenvalue weighted by Crippen LogP contribution is -2.49. The van der Waals surface area contributed by atoms with Crippen LogP contribution >= 0.6 is 0 Å². The number of hydrogen-bond donors (Lipinski definition) is 0. The molecule has 1 amide bonds. The highest BCUT2D eigenvalue weighted by Crippen LogP contribution is 2.47. The summed E-state index contributed by atoms with van der Waals surface area (Å²) in [5.74, 6) is -0.128. The summed E-state index contributed by atoms with van der Waals surface area (Å²) in [6.45, 7) is 3.81. The fourth-order valence-corrected chi connectivity index (χ4v) is 2.98. The second-order valence-electron chi connectivity index (χ2n) is 5.82. The van der Waals surface area contributed by atoms with Crippen LogP contribution in [0.5, 0.6) is 0 Å². The average molecular weight is 274 g/mol. The molecular weight excluding hydrogens is 255 g/mol. The number of nitriles is 1. The highest BCUT2D eigenvalue weighted by molar-refractivity contribution is 5.86. The maximum absolute atomic E-state index is 13.8. The minimum atomic E-state index is -0.909. The van der Waals surface area contributed by atoms with E-state index in [1.54, 1.807) is 32.2 Å². The van der Waals surface area contributed by atoms with E-state index in [1.165, 1.54) is 11.0 Å². The maximum atomic E-state index is 13.8. The summed E-state index contributed by atoms with van der Waals surface area (Å²) in [6.07, 6.45) is 1.19. The second-order valence-corrected chi connectivity index (χ2v) is 5.82. The van der Waals surface area contributed by atoms with Crippen molar-refractivity contribution >= 4 is 5.91 Å². The van der Waals surface area contributed by atoms with Crippen LogP contribution in [0.25, 0.3) is 0 Å². The summed E-state index contributed by atoms with van der Waals surface area (Å²) in [4.78, 5) is 14.0. The van der Waals surface area contributed by atoms with Gasteiger partial charge in [0.05, 0.1) is 12.1 Å². The Morgan fingerprint density at radius 2 is 2.10 bits per heavy atom. The third-order valence-electron chi connectivity index (χ3n) is 4.27. The van der Waals surface area contributed by atoms with Gasteiger partial charge >= 0.3 is 0 Å². The van der Waals surface area contributed by atoms with Gasteiger partial charge in [-0.05, 0) is 31.7 Å². The maximum Gasteiger partial charge on any atom is 0.243 e. The van der Waals surface area contributed by atoms with Crippen LogP contribution in [-0.4, -0.2) is 17.9 Å². The van der Waals surface area contributed by atoms with Crippen LogP contribution in [0.15, 0.2) is 24.3 Å². The Bertz CT molecular complexity index is 558. The lowest BCUT2D eigenvalue weighted by molar-refractivity contribution is -0.146. The van der Waals surface area contributed by atoms with Crippen molar-refractivity contribution in [1.82, 2.24) is 4.90 Å². The first-order valence-corrected chi connectivity index (χ1v) is 6.84. The van der Waals surface area contributed by atoms with E-state index in [0.717, 1.165) is 0 Å². The van der Waals surface area contributed by atoms with Crippen LogP contribution < -0.4 is 0 Å². The number of halogens is 1. The Morgan fingerprint density at radius 3 is 2.60 bits per heavy atom. The van der Waals surface area contributed by atoms with E-state index in [-0.39, 0.29) is 17.8 Å². The normalized spacial score (nSPS) is 26.2. The van der Waals surface area contributed by atoms with Crippen LogP contribution in [0.3, 0.4) is 0 Å². The van der Waals surface area contributed by atoms with E-state index in [4.69, 9.17) is 0 Å². The molecule has 4 heteroatoms. The predicted octanol–water partition coefficient (Wildman–Crippen LogP) is 3.28. The van der Waals surface area contributed by atoms with Crippen molar-refractivity contribution in [3.63, 3.8) is 0 Å². The first-order chi connectivity index (χ1) is 9.41. The molecule has 106 valence electrons. The summed E-state index contributed by atoms with van der Waals surface area (Å²) in [7, 11) is 1.64. The van der Waals surface area contributed by atoms with E-state index < -0.39 is 5.41 Å². The lowest BCUT2D eigenvalue weighted by atomic mass is 9.62. The molecule has 2 rings (SSSR count). The van der Waals surface area contributed by atoms with Crippen molar-refractivity contribution in [1.29, 1.82) is 5.26 Å². The molecule has 1 fully saturated rings. The summed E-state index contributed by atoms with van der Waals surface area (Å²) < 4.78 is 13.8. The molecule has 0 bridgehead atoms. The lowest BCUT2D eigenvalue weighted by Gasteiger charge is -2.42. The van der Waals surface area contributed by atoms with Crippen LogP contribution in [0.4, 0.5) is 4.39 Å². The minimum absolute atomic E-state index is 0.200. The standard InChI is InChI=1S/C16H19FN2O/c1-11-8-16(9-11,10-18)15(20)19(3)12(2)13-6-4-5-7-14(13)17/h4-7,11-12H,8-9H2,1-3H3. The summed E-state index contributed by atoms with van der Waals surface area (Å²) >= 11 is 0. The molecule has 1 unspecified atom stereocenters. The SMILES string of the molecule is CC1CC(C#N)(C(=O)N(C)C(C)c2ccccc2F)C1. The van der Waals surface area contributed by atoms with Crippen molar-refractivity contribution in [3.8, 4) is 6.07 Å². The Balaban J connectivity index is 2.19. The largest absolute Gasteiger partial charge is 0.338 e. The molecule has 1 aliphatic rings. The number of carbonyl (C=O) groups is 1. The average Bonchev–Trinajstić information content (AvgIpc) is 2.42. The molecule has 0 aromatic heterocycles. The zero-order chi connectivity index (χ0) is 14.9. The Labute approximate surface area is 119 Å². The van der Waals surface area contributed by atoms with Gasteiger partial charge in [0.15, 0.2) is 0 Å². The smallest absolute Gasteiger partial charge is 0.243 e. The number of amides is 1. The monoisotopic (exact) mass is 274 g/mol. The van der Waals surface area contributed by atoms with Crippen LogP contribution in [0.2, 0.25) is 0 Å².